The third-order valence-corrected chi connectivity index (χ3v) is 2.14. The van der Waals surface area contributed by atoms with E-state index in [4.69, 9.17) is 10.4 Å². The number of nitrogens with zero attached hydrogens (tertiary/aromatic N) is 2. The molecule has 0 bridgehead atoms. The molecule has 0 spiro atoms. The van der Waals surface area contributed by atoms with Gasteiger partial charge in [-0.15, -0.1) is 0 Å². The normalized spacial score (nSPS) is 10.3. The molecule has 0 aliphatic heterocycles. The molecule has 0 aliphatic rings. The van der Waals surface area contributed by atoms with Crippen molar-refractivity contribution in [1.82, 2.24) is 4.98 Å². The van der Waals surface area contributed by atoms with Gasteiger partial charge in [0.05, 0.1) is 17.9 Å². The lowest BCUT2D eigenvalue weighted by atomic mass is 10.1. The Morgan fingerprint density at radius 1 is 1.64 bits per heavy atom. The van der Waals surface area contributed by atoms with Crippen LogP contribution in [-0.2, 0) is 6.61 Å². The van der Waals surface area contributed by atoms with Crippen molar-refractivity contribution in [2.24, 2.45) is 0 Å². The Bertz CT molecular complexity index is 390. The van der Waals surface area contributed by atoms with E-state index >= 15 is 0 Å². The van der Waals surface area contributed by atoms with Crippen molar-refractivity contribution in [3.63, 3.8) is 0 Å². The molecule has 6 heteroatoms. The number of aromatic nitrogens is 1. The van der Waals surface area contributed by atoms with Crippen LogP contribution < -0.4 is 0 Å². The number of rotatable bonds is 2. The maximum Gasteiger partial charge on any atom is 0.265 e. The van der Waals surface area contributed by atoms with Crippen LogP contribution in [0.4, 0.5) is 8.78 Å². The quantitative estimate of drug-likeness (QED) is 0.671. The molecule has 0 unspecified atom stereocenters. The summed E-state index contributed by atoms with van der Waals surface area (Å²) in [5.74, 6) is 0. The van der Waals surface area contributed by atoms with Crippen LogP contribution in [0.1, 0.15) is 23.2 Å². The van der Waals surface area contributed by atoms with Crippen molar-refractivity contribution in [3.8, 4) is 6.07 Å². The van der Waals surface area contributed by atoms with Crippen LogP contribution in [0.15, 0.2) is 6.07 Å². The fourth-order valence-corrected chi connectivity index (χ4v) is 1.63. The summed E-state index contributed by atoms with van der Waals surface area (Å²) >= 11 is 1.76. The summed E-state index contributed by atoms with van der Waals surface area (Å²) in [5.41, 5.74) is -0.617. The van der Waals surface area contributed by atoms with Crippen LogP contribution in [0.3, 0.4) is 0 Å². The molecular formula is C8H5F2IN2O. The molecule has 3 nitrogen and oxygen atoms in total. The number of hydrogen-bond donors (Lipinski definition) is 1. The van der Waals surface area contributed by atoms with E-state index in [1.807, 2.05) is 0 Å². The Morgan fingerprint density at radius 2 is 2.29 bits per heavy atom. The lowest BCUT2D eigenvalue weighted by Gasteiger charge is -2.06. The van der Waals surface area contributed by atoms with Gasteiger partial charge in [0.2, 0.25) is 0 Å². The second-order valence-electron chi connectivity index (χ2n) is 2.43. The summed E-state index contributed by atoms with van der Waals surface area (Å²) in [6.45, 7) is -0.514. The highest BCUT2D eigenvalue weighted by Gasteiger charge is 2.18. The minimum Gasteiger partial charge on any atom is -0.390 e. The minimum atomic E-state index is -2.73. The molecule has 1 aromatic rings. The van der Waals surface area contributed by atoms with E-state index in [-0.39, 0.29) is 16.8 Å². The highest BCUT2D eigenvalue weighted by Crippen LogP contribution is 2.25. The van der Waals surface area contributed by atoms with Crippen LogP contribution in [-0.4, -0.2) is 10.1 Å². The van der Waals surface area contributed by atoms with Crippen LogP contribution in [0.5, 0.6) is 0 Å². The molecule has 1 rings (SSSR count). The van der Waals surface area contributed by atoms with Crippen molar-refractivity contribution in [1.29, 1.82) is 5.26 Å². The molecule has 0 atom stereocenters. The number of aliphatic hydroxyl groups is 1. The third kappa shape index (κ3) is 2.16. The molecule has 1 N–H and O–H groups in total. The second-order valence-corrected chi connectivity index (χ2v) is 3.53. The highest BCUT2D eigenvalue weighted by atomic mass is 127. The predicted molar refractivity (Wildman–Crippen MR) is 52.5 cm³/mol. The number of aliphatic hydroxyl groups excluding tert-OH is 1. The van der Waals surface area contributed by atoms with Crippen LogP contribution >= 0.6 is 22.6 Å². The fraction of sp³-hybridized carbons (Fsp3) is 0.250. The molecule has 0 fully saturated rings. The third-order valence-electron chi connectivity index (χ3n) is 1.59. The number of nitriles is 1. The lowest BCUT2D eigenvalue weighted by Crippen LogP contribution is -2.02. The topological polar surface area (TPSA) is 56.9 Å². The smallest absolute Gasteiger partial charge is 0.265 e. The summed E-state index contributed by atoms with van der Waals surface area (Å²) in [5, 5.41) is 17.5. The van der Waals surface area contributed by atoms with E-state index in [1.165, 1.54) is 0 Å². The summed E-state index contributed by atoms with van der Waals surface area (Å²) in [7, 11) is 0. The summed E-state index contributed by atoms with van der Waals surface area (Å²) in [6, 6.07) is 2.76. The SMILES string of the molecule is N#Cc1c(C(F)F)cc(I)nc1CO. The highest BCUT2D eigenvalue weighted by molar-refractivity contribution is 14.1. The molecule has 0 saturated heterocycles. The van der Waals surface area contributed by atoms with Gasteiger partial charge in [-0.1, -0.05) is 0 Å². The first kappa shape index (κ1) is 11.3. The van der Waals surface area contributed by atoms with Gasteiger partial charge in [0, 0.05) is 5.56 Å². The monoisotopic (exact) mass is 310 g/mol. The molecule has 1 heterocycles. The Kier molecular flexibility index (Phi) is 3.71. The van der Waals surface area contributed by atoms with Gasteiger partial charge in [0.15, 0.2) is 0 Å². The number of hydrogen-bond acceptors (Lipinski definition) is 3. The average molecular weight is 310 g/mol. The molecule has 0 saturated carbocycles. The van der Waals surface area contributed by atoms with E-state index in [1.54, 1.807) is 28.7 Å². The predicted octanol–water partition coefficient (Wildman–Crippen LogP) is 1.99. The van der Waals surface area contributed by atoms with E-state index < -0.39 is 13.0 Å². The van der Waals surface area contributed by atoms with E-state index in [0.717, 1.165) is 6.07 Å². The van der Waals surface area contributed by atoms with Gasteiger partial charge in [0.1, 0.15) is 9.77 Å². The summed E-state index contributed by atoms with van der Waals surface area (Å²) in [4.78, 5) is 3.79. The maximum atomic E-state index is 12.4. The molecule has 1 aromatic heterocycles. The lowest BCUT2D eigenvalue weighted by molar-refractivity contribution is 0.150. The first-order valence-electron chi connectivity index (χ1n) is 3.58. The van der Waals surface area contributed by atoms with Gasteiger partial charge in [-0.2, -0.15) is 5.26 Å². The van der Waals surface area contributed by atoms with Crippen LogP contribution in [0, 0.1) is 15.0 Å². The molecule has 14 heavy (non-hydrogen) atoms. The largest absolute Gasteiger partial charge is 0.390 e. The Hall–Kier alpha value is -0.810. The molecule has 74 valence electrons. The van der Waals surface area contributed by atoms with Crippen molar-refractivity contribution >= 4 is 22.6 Å². The molecule has 0 radical (unpaired) electrons. The zero-order valence-corrected chi connectivity index (χ0v) is 8.99. The Balaban J connectivity index is 3.41. The zero-order chi connectivity index (χ0) is 10.7. The second kappa shape index (κ2) is 4.61. The number of pyridine rings is 1. The van der Waals surface area contributed by atoms with Gasteiger partial charge >= 0.3 is 0 Å². The van der Waals surface area contributed by atoms with Gasteiger partial charge in [-0.05, 0) is 28.7 Å². The maximum absolute atomic E-state index is 12.4. The number of alkyl halides is 2. The van der Waals surface area contributed by atoms with Crippen molar-refractivity contribution in [3.05, 3.63) is 26.6 Å². The minimum absolute atomic E-state index is 0.00491. The van der Waals surface area contributed by atoms with Crippen LogP contribution in [0.25, 0.3) is 0 Å². The number of halogens is 3. The fourth-order valence-electron chi connectivity index (χ4n) is 1.000. The molecule has 0 aromatic carbocycles. The van der Waals surface area contributed by atoms with Crippen molar-refractivity contribution in [2.45, 2.75) is 13.0 Å². The first-order chi connectivity index (χ1) is 6.60. The Labute approximate surface area is 92.5 Å². The van der Waals surface area contributed by atoms with E-state index in [0.29, 0.717) is 3.70 Å². The van der Waals surface area contributed by atoms with Gasteiger partial charge in [-0.3, -0.25) is 0 Å². The molecule has 0 aliphatic carbocycles. The van der Waals surface area contributed by atoms with Crippen LogP contribution in [0.2, 0.25) is 0 Å². The van der Waals surface area contributed by atoms with E-state index in [9.17, 15) is 8.78 Å². The van der Waals surface area contributed by atoms with Crippen molar-refractivity contribution in [2.75, 3.05) is 0 Å². The standard InChI is InChI=1S/C8H5F2IN2O/c9-8(10)4-1-7(11)13-6(3-14)5(4)2-12/h1,8,14H,3H2. The van der Waals surface area contributed by atoms with E-state index in [2.05, 4.69) is 4.98 Å². The summed E-state index contributed by atoms with van der Waals surface area (Å²) < 4.78 is 25.2. The Morgan fingerprint density at radius 3 is 2.71 bits per heavy atom. The van der Waals surface area contributed by atoms with Gasteiger partial charge in [-0.25, -0.2) is 13.8 Å². The van der Waals surface area contributed by atoms with Crippen molar-refractivity contribution < 1.29 is 13.9 Å². The molecular weight excluding hydrogens is 305 g/mol. The summed E-state index contributed by atoms with van der Waals surface area (Å²) in [6.07, 6.45) is -2.73. The van der Waals surface area contributed by atoms with Gasteiger partial charge in [0.25, 0.3) is 6.43 Å². The van der Waals surface area contributed by atoms with Gasteiger partial charge < -0.3 is 5.11 Å². The average Bonchev–Trinajstić information content (AvgIpc) is 2.16. The molecule has 0 amide bonds. The first-order valence-corrected chi connectivity index (χ1v) is 4.66. The zero-order valence-electron chi connectivity index (χ0n) is 6.84.